The highest BCUT2D eigenvalue weighted by atomic mass is 15.2. The molecule has 0 spiro atoms. The van der Waals surface area contributed by atoms with Gasteiger partial charge in [-0.05, 0) is 57.0 Å². The largest absolute Gasteiger partial charge is 0.385 e. The van der Waals surface area contributed by atoms with Gasteiger partial charge in [0.25, 0.3) is 0 Å². The Balaban J connectivity index is 1.70. The van der Waals surface area contributed by atoms with Crippen LogP contribution in [0.5, 0.6) is 0 Å². The Hall–Kier alpha value is -1.22. The molecule has 0 bridgehead atoms. The minimum atomic E-state index is 0.717. The van der Waals surface area contributed by atoms with Gasteiger partial charge in [-0.1, -0.05) is 6.07 Å². The normalized spacial score (nSPS) is 22.9. The molecule has 2 aliphatic heterocycles. The summed E-state index contributed by atoms with van der Waals surface area (Å²) in [4.78, 5) is 4.90. The van der Waals surface area contributed by atoms with Gasteiger partial charge in [0.1, 0.15) is 0 Å². The molecule has 1 fully saturated rings. The molecule has 3 rings (SSSR count). The molecule has 1 N–H and O–H groups in total. The zero-order chi connectivity index (χ0) is 13.2. The Labute approximate surface area is 116 Å². The van der Waals surface area contributed by atoms with Gasteiger partial charge >= 0.3 is 0 Å². The maximum Gasteiger partial charge on any atom is 0.0393 e. The van der Waals surface area contributed by atoms with Crippen molar-refractivity contribution in [3.63, 3.8) is 0 Å². The van der Waals surface area contributed by atoms with Crippen LogP contribution in [0, 0.1) is 0 Å². The zero-order valence-corrected chi connectivity index (χ0v) is 12.2. The molecule has 1 saturated heterocycles. The fourth-order valence-corrected chi connectivity index (χ4v) is 3.32. The Morgan fingerprint density at radius 2 is 2.26 bits per heavy atom. The van der Waals surface area contributed by atoms with Crippen molar-refractivity contribution >= 4 is 11.4 Å². The number of nitrogens with one attached hydrogen (secondary N) is 1. The van der Waals surface area contributed by atoms with Gasteiger partial charge in [0.2, 0.25) is 0 Å². The van der Waals surface area contributed by atoms with Crippen LogP contribution in [0.3, 0.4) is 0 Å². The molecule has 2 aliphatic rings. The summed E-state index contributed by atoms with van der Waals surface area (Å²) < 4.78 is 0. The molecule has 19 heavy (non-hydrogen) atoms. The number of aryl methyl sites for hydroxylation is 1. The van der Waals surface area contributed by atoms with Crippen molar-refractivity contribution in [2.75, 3.05) is 43.9 Å². The molecule has 0 aliphatic carbocycles. The standard InChI is InChI=1S/C16H25N3/c1-18-10-4-6-15(18)12-19(2)14-8-7-13-5-3-9-17-16(13)11-14/h7-8,11,15,17H,3-6,9-10,12H2,1-2H3. The van der Waals surface area contributed by atoms with E-state index < -0.39 is 0 Å². The Bertz CT molecular complexity index is 444. The summed E-state index contributed by atoms with van der Waals surface area (Å²) in [5, 5.41) is 3.52. The smallest absolute Gasteiger partial charge is 0.0393 e. The summed E-state index contributed by atoms with van der Waals surface area (Å²) in [5.41, 5.74) is 4.16. The average Bonchev–Trinajstić information content (AvgIpc) is 2.84. The second kappa shape index (κ2) is 5.41. The second-order valence-electron chi connectivity index (χ2n) is 6.03. The van der Waals surface area contributed by atoms with Gasteiger partial charge in [-0.3, -0.25) is 0 Å². The van der Waals surface area contributed by atoms with Crippen molar-refractivity contribution in [3.8, 4) is 0 Å². The third-order valence-corrected chi connectivity index (χ3v) is 4.63. The minimum absolute atomic E-state index is 0.717. The van der Waals surface area contributed by atoms with Crippen LogP contribution in [0.4, 0.5) is 11.4 Å². The van der Waals surface area contributed by atoms with Gasteiger partial charge in [0.15, 0.2) is 0 Å². The van der Waals surface area contributed by atoms with E-state index in [1.54, 1.807) is 0 Å². The monoisotopic (exact) mass is 259 g/mol. The number of likely N-dealkylation sites (tertiary alicyclic amines) is 1. The molecule has 1 aromatic rings. The van der Waals surface area contributed by atoms with Crippen molar-refractivity contribution < 1.29 is 0 Å². The Morgan fingerprint density at radius 1 is 1.37 bits per heavy atom. The number of nitrogens with zero attached hydrogens (tertiary/aromatic N) is 2. The zero-order valence-electron chi connectivity index (χ0n) is 12.2. The quantitative estimate of drug-likeness (QED) is 0.900. The van der Waals surface area contributed by atoms with Crippen LogP contribution in [0.25, 0.3) is 0 Å². The molecule has 0 saturated carbocycles. The first-order chi connectivity index (χ1) is 9.24. The third kappa shape index (κ3) is 2.71. The fraction of sp³-hybridized carbons (Fsp3) is 0.625. The van der Waals surface area contributed by atoms with Crippen LogP contribution in [0.15, 0.2) is 18.2 Å². The Kier molecular flexibility index (Phi) is 3.65. The van der Waals surface area contributed by atoms with Gasteiger partial charge in [-0.15, -0.1) is 0 Å². The molecule has 1 atom stereocenters. The number of likely N-dealkylation sites (N-methyl/N-ethyl adjacent to an activating group) is 2. The van der Waals surface area contributed by atoms with E-state index in [-0.39, 0.29) is 0 Å². The van der Waals surface area contributed by atoms with E-state index in [2.05, 4.69) is 47.4 Å². The van der Waals surface area contributed by atoms with Crippen molar-refractivity contribution in [1.82, 2.24) is 4.90 Å². The number of anilines is 2. The van der Waals surface area contributed by atoms with Gasteiger partial charge in [-0.25, -0.2) is 0 Å². The van der Waals surface area contributed by atoms with Crippen LogP contribution in [0.2, 0.25) is 0 Å². The van der Waals surface area contributed by atoms with Crippen LogP contribution in [-0.4, -0.2) is 44.7 Å². The highest BCUT2D eigenvalue weighted by Crippen LogP contribution is 2.27. The fourth-order valence-electron chi connectivity index (χ4n) is 3.32. The Morgan fingerprint density at radius 3 is 3.05 bits per heavy atom. The third-order valence-electron chi connectivity index (χ3n) is 4.63. The van der Waals surface area contributed by atoms with Gasteiger partial charge in [0.05, 0.1) is 0 Å². The van der Waals surface area contributed by atoms with Gasteiger partial charge in [-0.2, -0.15) is 0 Å². The topological polar surface area (TPSA) is 18.5 Å². The lowest BCUT2D eigenvalue weighted by Gasteiger charge is -2.28. The van der Waals surface area contributed by atoms with Crippen molar-refractivity contribution in [1.29, 1.82) is 0 Å². The van der Waals surface area contributed by atoms with Crippen LogP contribution in [-0.2, 0) is 6.42 Å². The maximum atomic E-state index is 3.52. The van der Waals surface area contributed by atoms with E-state index in [1.807, 2.05) is 0 Å². The van der Waals surface area contributed by atoms with Gasteiger partial charge in [0, 0.05) is 37.6 Å². The van der Waals surface area contributed by atoms with E-state index in [0.717, 1.165) is 13.1 Å². The van der Waals surface area contributed by atoms with Crippen molar-refractivity contribution in [3.05, 3.63) is 23.8 Å². The molecule has 1 aromatic carbocycles. The lowest BCUT2D eigenvalue weighted by molar-refractivity contribution is 0.314. The molecule has 0 aromatic heterocycles. The SMILES string of the molecule is CN(CC1CCCN1C)c1ccc2c(c1)NCCC2. The van der Waals surface area contributed by atoms with Crippen molar-refractivity contribution in [2.45, 2.75) is 31.7 Å². The van der Waals surface area contributed by atoms with E-state index in [0.29, 0.717) is 6.04 Å². The van der Waals surface area contributed by atoms with Gasteiger partial charge < -0.3 is 15.1 Å². The van der Waals surface area contributed by atoms with E-state index >= 15 is 0 Å². The number of fused-ring (bicyclic) bond motifs is 1. The van der Waals surface area contributed by atoms with Crippen LogP contribution >= 0.6 is 0 Å². The lowest BCUT2D eigenvalue weighted by Crippen LogP contribution is -2.36. The molecular formula is C16H25N3. The van der Waals surface area contributed by atoms with Crippen molar-refractivity contribution in [2.24, 2.45) is 0 Å². The molecule has 2 heterocycles. The first-order valence-corrected chi connectivity index (χ1v) is 7.52. The van der Waals surface area contributed by atoms with Crippen LogP contribution < -0.4 is 10.2 Å². The molecule has 0 radical (unpaired) electrons. The lowest BCUT2D eigenvalue weighted by atomic mass is 10.0. The number of benzene rings is 1. The van der Waals surface area contributed by atoms with E-state index in [9.17, 15) is 0 Å². The van der Waals surface area contributed by atoms with Crippen LogP contribution in [0.1, 0.15) is 24.8 Å². The first kappa shape index (κ1) is 12.8. The average molecular weight is 259 g/mol. The summed E-state index contributed by atoms with van der Waals surface area (Å²) in [5.74, 6) is 0. The summed E-state index contributed by atoms with van der Waals surface area (Å²) in [6.45, 7) is 3.51. The molecule has 0 amide bonds. The number of hydrogen-bond acceptors (Lipinski definition) is 3. The summed E-state index contributed by atoms with van der Waals surface area (Å²) in [7, 11) is 4.47. The highest BCUT2D eigenvalue weighted by Gasteiger charge is 2.22. The summed E-state index contributed by atoms with van der Waals surface area (Å²) in [6.07, 6.45) is 5.16. The molecule has 3 heteroatoms. The predicted octanol–water partition coefficient (Wildman–Crippen LogP) is 2.58. The molecule has 3 nitrogen and oxygen atoms in total. The molecular weight excluding hydrogens is 234 g/mol. The van der Waals surface area contributed by atoms with E-state index in [4.69, 9.17) is 0 Å². The summed E-state index contributed by atoms with van der Waals surface area (Å²) >= 11 is 0. The minimum Gasteiger partial charge on any atom is -0.385 e. The predicted molar refractivity (Wildman–Crippen MR) is 82.2 cm³/mol. The molecule has 1 unspecified atom stereocenters. The maximum absolute atomic E-state index is 3.52. The first-order valence-electron chi connectivity index (χ1n) is 7.52. The summed E-state index contributed by atoms with van der Waals surface area (Å²) in [6, 6.07) is 7.62. The van der Waals surface area contributed by atoms with E-state index in [1.165, 1.54) is 49.2 Å². The highest BCUT2D eigenvalue weighted by molar-refractivity contribution is 5.63. The number of rotatable bonds is 3. The molecule has 104 valence electrons. The number of hydrogen-bond donors (Lipinski definition) is 1. The second-order valence-corrected chi connectivity index (χ2v) is 6.03.